The Balaban J connectivity index is 1.73. The average Bonchev–Trinajstić information content (AvgIpc) is 2.79. The van der Waals surface area contributed by atoms with E-state index in [9.17, 15) is 18.0 Å². The first-order valence-corrected chi connectivity index (χ1v) is 11.5. The molecule has 0 bridgehead atoms. The molecule has 3 aromatic rings. The van der Waals surface area contributed by atoms with Crippen molar-refractivity contribution in [1.82, 2.24) is 4.72 Å². The lowest BCUT2D eigenvalue weighted by atomic mass is 10.1. The van der Waals surface area contributed by atoms with Crippen LogP contribution >= 0.6 is 0 Å². The van der Waals surface area contributed by atoms with Gasteiger partial charge in [-0.25, -0.2) is 13.1 Å². The number of aryl methyl sites for hydroxylation is 1. The fraction of sp³-hybridized carbons (Fsp3) is 0.125. The molecule has 2 amide bonds. The fourth-order valence-electron chi connectivity index (χ4n) is 3.02. The van der Waals surface area contributed by atoms with E-state index >= 15 is 0 Å². The molecule has 0 aromatic heterocycles. The topological polar surface area (TPSA) is 128 Å². The number of sulfonamides is 1. The van der Waals surface area contributed by atoms with Gasteiger partial charge >= 0.3 is 0 Å². The normalized spacial score (nSPS) is 10.8. The number of nitrogens with zero attached hydrogens (tertiary/aromatic N) is 1. The summed E-state index contributed by atoms with van der Waals surface area (Å²) in [6.07, 6.45) is 0.0522. The van der Waals surface area contributed by atoms with Crippen LogP contribution < -0.4 is 15.4 Å². The van der Waals surface area contributed by atoms with E-state index in [-0.39, 0.29) is 34.9 Å². The third kappa shape index (κ3) is 6.26. The molecule has 0 unspecified atom stereocenters. The molecular formula is C24H22N4O4S. The van der Waals surface area contributed by atoms with E-state index < -0.39 is 15.9 Å². The van der Waals surface area contributed by atoms with Gasteiger partial charge in [-0.3, -0.25) is 9.59 Å². The number of benzene rings is 3. The summed E-state index contributed by atoms with van der Waals surface area (Å²) in [6.45, 7) is 1.92. The first kappa shape index (κ1) is 23.7. The Kier molecular flexibility index (Phi) is 7.56. The maximum absolute atomic E-state index is 12.8. The molecule has 8 nitrogen and oxygen atoms in total. The maximum atomic E-state index is 12.8. The summed E-state index contributed by atoms with van der Waals surface area (Å²) in [6, 6.07) is 21.2. The number of carbonyl (C=O) groups excluding carboxylic acids is 2. The molecule has 0 atom stereocenters. The van der Waals surface area contributed by atoms with Crippen molar-refractivity contribution in [2.45, 2.75) is 18.2 Å². The van der Waals surface area contributed by atoms with Crippen LogP contribution in [0.5, 0.6) is 0 Å². The number of carbonyl (C=O) groups is 2. The van der Waals surface area contributed by atoms with E-state index in [4.69, 9.17) is 5.26 Å². The number of para-hydroxylation sites is 1. The fourth-order valence-corrected chi connectivity index (χ4v) is 4.05. The number of nitriles is 1. The first-order valence-electron chi connectivity index (χ1n) is 10.1. The van der Waals surface area contributed by atoms with Gasteiger partial charge in [-0.05, 0) is 61.0 Å². The molecule has 3 N–H and O–H groups in total. The van der Waals surface area contributed by atoms with Crippen LogP contribution in [0.4, 0.5) is 11.4 Å². The van der Waals surface area contributed by atoms with Crippen molar-refractivity contribution in [2.75, 3.05) is 17.2 Å². The van der Waals surface area contributed by atoms with Gasteiger partial charge < -0.3 is 10.6 Å². The van der Waals surface area contributed by atoms with E-state index in [0.29, 0.717) is 11.4 Å². The SMILES string of the molecule is Cc1cccc(NC(=O)c2ccccc2NC(=O)c2ccc(S(=O)(=O)NCCC#N)cc2)c1. The molecule has 0 aliphatic heterocycles. The van der Waals surface area contributed by atoms with Crippen LogP contribution in [0.15, 0.2) is 77.7 Å². The van der Waals surface area contributed by atoms with E-state index in [1.165, 1.54) is 24.3 Å². The summed E-state index contributed by atoms with van der Waals surface area (Å²) in [5.74, 6) is -0.867. The first-order chi connectivity index (χ1) is 15.8. The summed E-state index contributed by atoms with van der Waals surface area (Å²) < 4.78 is 26.7. The van der Waals surface area contributed by atoms with Gasteiger partial charge in [0.1, 0.15) is 0 Å². The van der Waals surface area contributed by atoms with Crippen LogP contribution in [0.1, 0.15) is 32.7 Å². The maximum Gasteiger partial charge on any atom is 0.257 e. The van der Waals surface area contributed by atoms with Crippen LogP contribution in [0.2, 0.25) is 0 Å². The van der Waals surface area contributed by atoms with Crippen molar-refractivity contribution in [1.29, 1.82) is 5.26 Å². The van der Waals surface area contributed by atoms with E-state index in [1.807, 2.05) is 31.2 Å². The van der Waals surface area contributed by atoms with Gasteiger partial charge in [0.2, 0.25) is 10.0 Å². The Morgan fingerprint density at radius 2 is 1.64 bits per heavy atom. The van der Waals surface area contributed by atoms with Crippen molar-refractivity contribution >= 4 is 33.2 Å². The molecule has 0 spiro atoms. The number of hydrogen-bond donors (Lipinski definition) is 3. The van der Waals surface area contributed by atoms with Gasteiger partial charge in [-0.15, -0.1) is 0 Å². The zero-order valence-electron chi connectivity index (χ0n) is 17.8. The Morgan fingerprint density at radius 3 is 2.33 bits per heavy atom. The minimum atomic E-state index is -3.77. The molecule has 3 rings (SSSR count). The predicted molar refractivity (Wildman–Crippen MR) is 125 cm³/mol. The molecule has 168 valence electrons. The molecule has 0 aliphatic carbocycles. The molecule has 0 saturated heterocycles. The van der Waals surface area contributed by atoms with Gasteiger partial charge in [0.15, 0.2) is 0 Å². The molecule has 3 aromatic carbocycles. The third-order valence-electron chi connectivity index (χ3n) is 4.65. The third-order valence-corrected chi connectivity index (χ3v) is 6.13. The molecule has 9 heteroatoms. The highest BCUT2D eigenvalue weighted by molar-refractivity contribution is 7.89. The second-order valence-electron chi connectivity index (χ2n) is 7.15. The van der Waals surface area contributed by atoms with Gasteiger partial charge in [-0.2, -0.15) is 5.26 Å². The van der Waals surface area contributed by atoms with Crippen molar-refractivity contribution in [3.8, 4) is 6.07 Å². The molecule has 0 fully saturated rings. The molecule has 0 saturated carbocycles. The molecular weight excluding hydrogens is 440 g/mol. The van der Waals surface area contributed by atoms with Crippen LogP contribution in [-0.2, 0) is 10.0 Å². The minimum Gasteiger partial charge on any atom is -0.322 e. The number of anilines is 2. The number of hydrogen-bond acceptors (Lipinski definition) is 5. The quantitative estimate of drug-likeness (QED) is 0.440. The Bertz CT molecular complexity index is 1310. The molecule has 0 heterocycles. The van der Waals surface area contributed by atoms with Crippen LogP contribution in [0.3, 0.4) is 0 Å². The van der Waals surface area contributed by atoms with E-state index in [1.54, 1.807) is 30.3 Å². The Morgan fingerprint density at radius 1 is 0.909 bits per heavy atom. The van der Waals surface area contributed by atoms with Gasteiger partial charge in [0.05, 0.1) is 22.2 Å². The van der Waals surface area contributed by atoms with Crippen LogP contribution in [0.25, 0.3) is 0 Å². The van der Waals surface area contributed by atoms with Crippen LogP contribution in [-0.4, -0.2) is 26.8 Å². The summed E-state index contributed by atoms with van der Waals surface area (Å²) in [5.41, 5.74) is 2.47. The zero-order chi connectivity index (χ0) is 23.8. The summed E-state index contributed by atoms with van der Waals surface area (Å²) >= 11 is 0. The Labute approximate surface area is 192 Å². The van der Waals surface area contributed by atoms with Crippen molar-refractivity contribution in [3.63, 3.8) is 0 Å². The molecule has 0 radical (unpaired) electrons. The summed E-state index contributed by atoms with van der Waals surface area (Å²) in [7, 11) is -3.77. The lowest BCUT2D eigenvalue weighted by Gasteiger charge is -2.12. The average molecular weight is 463 g/mol. The highest BCUT2D eigenvalue weighted by Gasteiger charge is 2.17. The lowest BCUT2D eigenvalue weighted by molar-refractivity contribution is 0.102. The smallest absolute Gasteiger partial charge is 0.257 e. The number of amides is 2. The largest absolute Gasteiger partial charge is 0.322 e. The highest BCUT2D eigenvalue weighted by atomic mass is 32.2. The minimum absolute atomic E-state index is 0.00245. The molecule has 33 heavy (non-hydrogen) atoms. The second-order valence-corrected chi connectivity index (χ2v) is 8.92. The Hall–Kier alpha value is -4.00. The van der Waals surface area contributed by atoms with Gasteiger partial charge in [0.25, 0.3) is 11.8 Å². The standard InChI is InChI=1S/C24H22N4O4S/c1-17-6-4-7-19(16-17)27-24(30)21-8-2-3-9-22(21)28-23(29)18-10-12-20(13-11-18)33(31,32)26-15-5-14-25/h2-4,6-13,16,26H,5,15H2,1H3,(H,27,30)(H,28,29). The summed E-state index contributed by atoms with van der Waals surface area (Å²) in [4.78, 5) is 25.5. The molecule has 0 aliphatic rings. The zero-order valence-corrected chi connectivity index (χ0v) is 18.6. The highest BCUT2D eigenvalue weighted by Crippen LogP contribution is 2.19. The van der Waals surface area contributed by atoms with Crippen LogP contribution in [0, 0.1) is 18.3 Å². The van der Waals surface area contributed by atoms with E-state index in [2.05, 4.69) is 15.4 Å². The predicted octanol–water partition coefficient (Wildman–Crippen LogP) is 3.69. The van der Waals surface area contributed by atoms with Crippen molar-refractivity contribution < 1.29 is 18.0 Å². The number of rotatable bonds is 8. The summed E-state index contributed by atoms with van der Waals surface area (Å²) in [5, 5.41) is 14.1. The lowest BCUT2D eigenvalue weighted by Crippen LogP contribution is -2.24. The van der Waals surface area contributed by atoms with Crippen molar-refractivity contribution in [3.05, 3.63) is 89.5 Å². The monoisotopic (exact) mass is 462 g/mol. The van der Waals surface area contributed by atoms with Gasteiger partial charge in [0, 0.05) is 24.2 Å². The number of nitrogens with one attached hydrogen (secondary N) is 3. The van der Waals surface area contributed by atoms with Gasteiger partial charge in [-0.1, -0.05) is 24.3 Å². The second kappa shape index (κ2) is 10.5. The van der Waals surface area contributed by atoms with E-state index in [0.717, 1.165) is 5.56 Å². The van der Waals surface area contributed by atoms with Crippen molar-refractivity contribution in [2.24, 2.45) is 0 Å².